The fraction of sp³-hybridized carbons (Fsp3) is 0.222. The number of nitrogens with one attached hydrogen (secondary N) is 2. The van der Waals surface area contributed by atoms with Crippen molar-refractivity contribution in [2.75, 3.05) is 5.32 Å². The Morgan fingerprint density at radius 1 is 1.36 bits per heavy atom. The van der Waals surface area contributed by atoms with Crippen LogP contribution in [0.5, 0.6) is 0 Å². The summed E-state index contributed by atoms with van der Waals surface area (Å²) in [6, 6.07) is 5.28. The van der Waals surface area contributed by atoms with Crippen molar-refractivity contribution in [2.24, 2.45) is 11.5 Å². The van der Waals surface area contributed by atoms with Gasteiger partial charge in [0.15, 0.2) is 0 Å². The molecular formula is C9H12N4O. The van der Waals surface area contributed by atoms with Crippen molar-refractivity contribution in [1.82, 2.24) is 5.32 Å². The predicted octanol–water partition coefficient (Wildman–Crippen LogP) is -0.286. The second-order valence-corrected chi connectivity index (χ2v) is 3.23. The number of carbonyl (C=O) groups excluding carboxylic acids is 1. The summed E-state index contributed by atoms with van der Waals surface area (Å²) in [7, 11) is 0. The van der Waals surface area contributed by atoms with Crippen molar-refractivity contribution in [1.29, 1.82) is 0 Å². The number of rotatable bonds is 1. The number of benzene rings is 1. The molecule has 0 aliphatic carbocycles. The van der Waals surface area contributed by atoms with Crippen LogP contribution in [0.1, 0.15) is 22.1 Å². The molecule has 1 aliphatic heterocycles. The van der Waals surface area contributed by atoms with Gasteiger partial charge in [-0.3, -0.25) is 15.8 Å². The molecule has 0 fully saturated rings. The molecule has 1 aliphatic rings. The molecule has 1 aromatic carbocycles. The molecule has 1 aromatic rings. The van der Waals surface area contributed by atoms with Gasteiger partial charge in [0.25, 0.3) is 0 Å². The van der Waals surface area contributed by atoms with Crippen LogP contribution in [-0.4, -0.2) is 12.6 Å². The molecule has 0 bridgehead atoms. The summed E-state index contributed by atoms with van der Waals surface area (Å²) in [5.74, 6) is 0. The van der Waals surface area contributed by atoms with E-state index in [9.17, 15) is 4.79 Å². The maximum absolute atomic E-state index is 10.6. The van der Waals surface area contributed by atoms with E-state index < -0.39 is 0 Å². The van der Waals surface area contributed by atoms with Crippen LogP contribution in [0.25, 0.3) is 0 Å². The van der Waals surface area contributed by atoms with Gasteiger partial charge in [0.1, 0.15) is 12.6 Å². The third-order valence-electron chi connectivity index (χ3n) is 2.22. The van der Waals surface area contributed by atoms with Crippen molar-refractivity contribution < 1.29 is 4.79 Å². The monoisotopic (exact) mass is 192 g/mol. The molecule has 6 N–H and O–H groups in total. The van der Waals surface area contributed by atoms with Crippen LogP contribution >= 0.6 is 0 Å². The first-order valence-corrected chi connectivity index (χ1v) is 4.33. The van der Waals surface area contributed by atoms with Gasteiger partial charge >= 0.3 is 0 Å². The molecule has 0 saturated carbocycles. The number of hydrogen-bond donors (Lipinski definition) is 4. The maximum Gasteiger partial charge on any atom is 0.150 e. The minimum atomic E-state index is -0.348. The van der Waals surface area contributed by atoms with Crippen molar-refractivity contribution >= 4 is 12.0 Å². The second-order valence-electron chi connectivity index (χ2n) is 3.23. The third kappa shape index (κ3) is 1.48. The normalized spacial score (nSPS) is 25.0. The Labute approximate surface area is 81.5 Å². The fourth-order valence-corrected chi connectivity index (χ4v) is 1.54. The lowest BCUT2D eigenvalue weighted by molar-refractivity contribution is 0.112. The van der Waals surface area contributed by atoms with Crippen LogP contribution in [0, 0.1) is 0 Å². The largest absolute Gasteiger partial charge is 0.357 e. The first-order valence-electron chi connectivity index (χ1n) is 4.33. The molecule has 0 spiro atoms. The van der Waals surface area contributed by atoms with E-state index >= 15 is 0 Å². The minimum absolute atomic E-state index is 0.332. The first kappa shape index (κ1) is 9.14. The smallest absolute Gasteiger partial charge is 0.150 e. The Bertz CT molecular complexity index is 366. The number of anilines is 1. The Kier molecular flexibility index (Phi) is 2.20. The summed E-state index contributed by atoms with van der Waals surface area (Å²) in [6.07, 6.45) is 0.113. The highest BCUT2D eigenvalue weighted by Gasteiger charge is 2.20. The Morgan fingerprint density at radius 2 is 2.14 bits per heavy atom. The van der Waals surface area contributed by atoms with Gasteiger partial charge < -0.3 is 11.1 Å². The lowest BCUT2D eigenvalue weighted by atomic mass is 10.1. The van der Waals surface area contributed by atoms with Gasteiger partial charge in [0, 0.05) is 16.8 Å². The van der Waals surface area contributed by atoms with Crippen LogP contribution in [0.4, 0.5) is 5.69 Å². The van der Waals surface area contributed by atoms with E-state index in [1.807, 2.05) is 0 Å². The number of nitrogens with two attached hydrogens (primary N) is 2. The van der Waals surface area contributed by atoms with Crippen molar-refractivity contribution in [3.8, 4) is 0 Å². The Morgan fingerprint density at radius 3 is 2.86 bits per heavy atom. The van der Waals surface area contributed by atoms with Crippen molar-refractivity contribution in [3.05, 3.63) is 29.3 Å². The number of carbonyl (C=O) groups is 1. The number of fused-ring (bicyclic) bond motifs is 1. The van der Waals surface area contributed by atoms with E-state index in [0.29, 0.717) is 5.56 Å². The highest BCUT2D eigenvalue weighted by Crippen LogP contribution is 2.24. The molecule has 2 unspecified atom stereocenters. The average molecular weight is 192 g/mol. The number of aldehydes is 1. The Hall–Kier alpha value is -1.43. The van der Waals surface area contributed by atoms with Crippen LogP contribution in [0.3, 0.4) is 0 Å². The first-order chi connectivity index (χ1) is 6.70. The van der Waals surface area contributed by atoms with Gasteiger partial charge in [-0.1, -0.05) is 0 Å². The van der Waals surface area contributed by atoms with Gasteiger partial charge in [-0.25, -0.2) is 0 Å². The average Bonchev–Trinajstić information content (AvgIpc) is 2.17. The molecule has 14 heavy (non-hydrogen) atoms. The molecule has 2 atom stereocenters. The van der Waals surface area contributed by atoms with Crippen molar-refractivity contribution in [2.45, 2.75) is 12.5 Å². The predicted molar refractivity (Wildman–Crippen MR) is 53.5 cm³/mol. The lowest BCUT2D eigenvalue weighted by Gasteiger charge is -2.30. The van der Waals surface area contributed by atoms with Crippen molar-refractivity contribution in [3.63, 3.8) is 0 Å². The summed E-state index contributed by atoms with van der Waals surface area (Å²) < 4.78 is 0. The van der Waals surface area contributed by atoms with E-state index in [1.54, 1.807) is 18.2 Å². The van der Waals surface area contributed by atoms with Gasteiger partial charge in [-0.15, -0.1) is 0 Å². The van der Waals surface area contributed by atoms with E-state index in [1.165, 1.54) is 0 Å². The quantitative estimate of drug-likeness (QED) is 0.459. The third-order valence-corrected chi connectivity index (χ3v) is 2.22. The van der Waals surface area contributed by atoms with Crippen LogP contribution in [0.15, 0.2) is 18.2 Å². The molecule has 0 aromatic heterocycles. The molecule has 5 nitrogen and oxygen atoms in total. The summed E-state index contributed by atoms with van der Waals surface area (Å²) in [5.41, 5.74) is 13.8. The maximum atomic E-state index is 10.6. The Balaban J connectivity index is 2.43. The standard InChI is InChI=1S/C9H12N4O/c10-8-6-3-5(4-14)1-2-7(6)12-9(11)13-8/h1-4,8-9,12-13H,10-11H2. The van der Waals surface area contributed by atoms with Crippen LogP contribution in [-0.2, 0) is 0 Å². The van der Waals surface area contributed by atoms with Gasteiger partial charge in [-0.05, 0) is 18.2 Å². The number of hydrogen-bond acceptors (Lipinski definition) is 5. The van der Waals surface area contributed by atoms with Crippen LogP contribution < -0.4 is 22.1 Å². The molecule has 0 saturated heterocycles. The van der Waals surface area contributed by atoms with Gasteiger partial charge in [0.05, 0.1) is 6.17 Å². The van der Waals surface area contributed by atoms with E-state index in [2.05, 4.69) is 10.6 Å². The molecule has 1 heterocycles. The zero-order chi connectivity index (χ0) is 10.1. The zero-order valence-electron chi connectivity index (χ0n) is 7.53. The van der Waals surface area contributed by atoms with E-state index in [0.717, 1.165) is 17.5 Å². The fourth-order valence-electron chi connectivity index (χ4n) is 1.54. The SMILES string of the molecule is NC1Nc2ccc(C=O)cc2C(N)N1. The minimum Gasteiger partial charge on any atom is -0.357 e. The molecule has 0 amide bonds. The van der Waals surface area contributed by atoms with E-state index in [-0.39, 0.29) is 12.5 Å². The summed E-state index contributed by atoms with van der Waals surface area (Å²) in [4.78, 5) is 10.6. The summed E-state index contributed by atoms with van der Waals surface area (Å²) in [5, 5.41) is 5.93. The van der Waals surface area contributed by atoms with Crippen LogP contribution in [0.2, 0.25) is 0 Å². The van der Waals surface area contributed by atoms with E-state index in [4.69, 9.17) is 11.5 Å². The molecule has 2 rings (SSSR count). The second kappa shape index (κ2) is 3.38. The lowest BCUT2D eigenvalue weighted by Crippen LogP contribution is -2.51. The molecule has 0 radical (unpaired) electrons. The van der Waals surface area contributed by atoms with Gasteiger partial charge in [0.2, 0.25) is 0 Å². The van der Waals surface area contributed by atoms with Gasteiger partial charge in [-0.2, -0.15) is 0 Å². The zero-order valence-corrected chi connectivity index (χ0v) is 7.53. The summed E-state index contributed by atoms with van der Waals surface area (Å²) >= 11 is 0. The highest BCUT2D eigenvalue weighted by molar-refractivity contribution is 5.77. The summed E-state index contributed by atoms with van der Waals surface area (Å²) in [6.45, 7) is 0. The highest BCUT2D eigenvalue weighted by atomic mass is 16.1. The molecule has 74 valence electrons. The molecule has 5 heteroatoms. The topological polar surface area (TPSA) is 93.2 Å². The molecular weight excluding hydrogens is 180 g/mol.